The summed E-state index contributed by atoms with van der Waals surface area (Å²) in [5, 5.41) is 2.93. The summed E-state index contributed by atoms with van der Waals surface area (Å²) in [4.78, 5) is 15.0. The molecule has 0 bridgehead atoms. The summed E-state index contributed by atoms with van der Waals surface area (Å²) < 4.78 is 10.7. The summed E-state index contributed by atoms with van der Waals surface area (Å²) in [5.41, 5.74) is 0. The lowest BCUT2D eigenvalue weighted by atomic mass is 10.3. The molecule has 0 radical (unpaired) electrons. The zero-order chi connectivity index (χ0) is 13.8. The van der Waals surface area contributed by atoms with Crippen molar-refractivity contribution in [2.75, 3.05) is 13.1 Å². The third kappa shape index (κ3) is 4.15. The average molecular weight is 348 g/mol. The van der Waals surface area contributed by atoms with Gasteiger partial charge in [0, 0.05) is 13.1 Å². The molecular weight excluding hydrogens is 330 g/mol. The number of hydrogen-bond acceptors (Lipinski definition) is 4. The van der Waals surface area contributed by atoms with Crippen molar-refractivity contribution in [3.63, 3.8) is 0 Å². The van der Waals surface area contributed by atoms with Gasteiger partial charge in [0.15, 0.2) is 0 Å². The van der Waals surface area contributed by atoms with Gasteiger partial charge in [-0.15, -0.1) is 0 Å². The van der Waals surface area contributed by atoms with Gasteiger partial charge in [0.25, 0.3) is 0 Å². The van der Waals surface area contributed by atoms with Crippen LogP contribution < -0.4 is 5.32 Å². The van der Waals surface area contributed by atoms with Crippen LogP contribution in [0.15, 0.2) is 10.7 Å². The molecule has 0 spiro atoms. The maximum atomic E-state index is 12.1. The first kappa shape index (κ1) is 14.7. The maximum absolute atomic E-state index is 12.1. The summed E-state index contributed by atoms with van der Waals surface area (Å²) in [6, 6.07) is -0.0372. The van der Waals surface area contributed by atoms with Gasteiger partial charge in [0.1, 0.15) is 0 Å². The molecule has 0 saturated carbocycles. The lowest BCUT2D eigenvalue weighted by molar-refractivity contribution is 0.0160. The van der Waals surface area contributed by atoms with E-state index >= 15 is 0 Å². The molecular formula is C12H18BrN3O2S. The van der Waals surface area contributed by atoms with E-state index in [0.717, 1.165) is 22.3 Å². The van der Waals surface area contributed by atoms with Crippen LogP contribution in [0.5, 0.6) is 0 Å². The largest absolute Gasteiger partial charge is 0.374 e. The van der Waals surface area contributed by atoms with Crippen molar-refractivity contribution in [1.82, 2.24) is 14.6 Å². The first-order chi connectivity index (χ1) is 9.06. The van der Waals surface area contributed by atoms with Crippen LogP contribution in [0.1, 0.15) is 25.1 Å². The van der Waals surface area contributed by atoms with Crippen molar-refractivity contribution in [3.05, 3.63) is 15.5 Å². The molecule has 106 valence electrons. The number of ether oxygens (including phenoxy) is 1. The fourth-order valence-electron chi connectivity index (χ4n) is 2.07. The Bertz CT molecular complexity index is 440. The molecule has 2 rings (SSSR count). The Morgan fingerprint density at radius 3 is 3.11 bits per heavy atom. The van der Waals surface area contributed by atoms with Gasteiger partial charge in [-0.1, -0.05) is 0 Å². The highest BCUT2D eigenvalue weighted by Gasteiger charge is 2.22. The zero-order valence-corrected chi connectivity index (χ0v) is 13.5. The molecule has 19 heavy (non-hydrogen) atoms. The number of amides is 2. The highest BCUT2D eigenvalue weighted by Crippen LogP contribution is 2.19. The Balaban J connectivity index is 1.87. The number of nitrogens with zero attached hydrogens (tertiary/aromatic N) is 2. The molecule has 2 heterocycles. The molecule has 1 aliphatic rings. The predicted molar refractivity (Wildman–Crippen MR) is 78.2 cm³/mol. The summed E-state index contributed by atoms with van der Waals surface area (Å²) in [6.45, 7) is 5.93. The van der Waals surface area contributed by atoms with Crippen molar-refractivity contribution >= 4 is 33.5 Å². The summed E-state index contributed by atoms with van der Waals surface area (Å²) in [7, 11) is 0. The molecule has 1 aromatic rings. The van der Waals surface area contributed by atoms with Gasteiger partial charge in [-0.3, -0.25) is 0 Å². The molecule has 5 nitrogen and oxygen atoms in total. The van der Waals surface area contributed by atoms with Gasteiger partial charge in [-0.05, 0) is 47.7 Å². The van der Waals surface area contributed by atoms with E-state index in [4.69, 9.17) is 4.74 Å². The van der Waals surface area contributed by atoms with Crippen LogP contribution in [0, 0.1) is 0 Å². The number of halogens is 1. The van der Waals surface area contributed by atoms with E-state index < -0.39 is 0 Å². The van der Waals surface area contributed by atoms with E-state index in [2.05, 4.69) is 25.6 Å². The zero-order valence-electron chi connectivity index (χ0n) is 11.1. The molecule has 7 heteroatoms. The number of aromatic nitrogens is 1. The number of carbonyl (C=O) groups excluding carboxylic acids is 1. The second-order valence-corrected chi connectivity index (χ2v) is 6.49. The number of nitrogens with one attached hydrogen (secondary N) is 1. The van der Waals surface area contributed by atoms with Crippen LogP contribution in [-0.2, 0) is 11.3 Å². The van der Waals surface area contributed by atoms with Crippen LogP contribution >= 0.6 is 27.5 Å². The molecule has 0 aliphatic carbocycles. The molecule has 1 saturated heterocycles. The molecule has 1 N–H and O–H groups in total. The molecule has 0 unspecified atom stereocenters. The monoisotopic (exact) mass is 347 g/mol. The predicted octanol–water partition coefficient (Wildman–Crippen LogP) is 2.61. The SMILES string of the molecule is C[C@@H]1CCN(C(=O)NCc2sncc2Br)C[C@H](C)O1. The molecule has 2 amide bonds. The Morgan fingerprint density at radius 2 is 2.42 bits per heavy atom. The van der Waals surface area contributed by atoms with Gasteiger partial charge in [-0.2, -0.15) is 4.37 Å². The minimum absolute atomic E-state index is 0.0372. The fraction of sp³-hybridized carbons (Fsp3) is 0.667. The number of urea groups is 1. The quantitative estimate of drug-likeness (QED) is 0.894. The van der Waals surface area contributed by atoms with Crippen LogP contribution in [0.3, 0.4) is 0 Å². The first-order valence-corrected chi connectivity index (χ1v) is 7.90. The van der Waals surface area contributed by atoms with E-state index in [-0.39, 0.29) is 18.2 Å². The lowest BCUT2D eigenvalue weighted by Gasteiger charge is -2.22. The first-order valence-electron chi connectivity index (χ1n) is 6.33. The van der Waals surface area contributed by atoms with Gasteiger partial charge < -0.3 is 15.0 Å². The second-order valence-electron chi connectivity index (χ2n) is 4.75. The average Bonchev–Trinajstić information content (AvgIpc) is 2.68. The Morgan fingerprint density at radius 1 is 1.63 bits per heavy atom. The normalized spacial score (nSPS) is 24.1. The van der Waals surface area contributed by atoms with E-state index in [1.165, 1.54) is 11.5 Å². The highest BCUT2D eigenvalue weighted by atomic mass is 79.9. The number of hydrogen-bond donors (Lipinski definition) is 1. The lowest BCUT2D eigenvalue weighted by Crippen LogP contribution is -2.42. The van der Waals surface area contributed by atoms with Crippen molar-refractivity contribution < 1.29 is 9.53 Å². The molecule has 1 fully saturated rings. The minimum atomic E-state index is -0.0372. The number of carbonyl (C=O) groups is 1. The van der Waals surface area contributed by atoms with Crippen LogP contribution in [0.4, 0.5) is 4.79 Å². The van der Waals surface area contributed by atoms with Crippen molar-refractivity contribution in [3.8, 4) is 0 Å². The molecule has 1 aliphatic heterocycles. The van der Waals surface area contributed by atoms with Crippen molar-refractivity contribution in [2.24, 2.45) is 0 Å². The fourth-order valence-corrected chi connectivity index (χ4v) is 3.22. The Kier molecular flexibility index (Phi) is 5.18. The van der Waals surface area contributed by atoms with Crippen LogP contribution in [0.2, 0.25) is 0 Å². The van der Waals surface area contributed by atoms with E-state index in [0.29, 0.717) is 13.1 Å². The minimum Gasteiger partial charge on any atom is -0.374 e. The van der Waals surface area contributed by atoms with Crippen molar-refractivity contribution in [1.29, 1.82) is 0 Å². The van der Waals surface area contributed by atoms with E-state index in [9.17, 15) is 4.79 Å². The molecule has 0 aromatic carbocycles. The van der Waals surface area contributed by atoms with E-state index in [1.54, 1.807) is 6.20 Å². The smallest absolute Gasteiger partial charge is 0.317 e. The highest BCUT2D eigenvalue weighted by molar-refractivity contribution is 9.10. The van der Waals surface area contributed by atoms with Crippen LogP contribution in [0.25, 0.3) is 0 Å². The third-order valence-corrected chi connectivity index (χ3v) is 4.77. The second kappa shape index (κ2) is 6.67. The topological polar surface area (TPSA) is 54.5 Å². The third-order valence-electron chi connectivity index (χ3n) is 3.03. The Hall–Kier alpha value is -0.660. The summed E-state index contributed by atoms with van der Waals surface area (Å²) >= 11 is 4.79. The number of rotatable bonds is 2. The van der Waals surface area contributed by atoms with Gasteiger partial charge in [0.2, 0.25) is 0 Å². The van der Waals surface area contributed by atoms with Gasteiger partial charge in [0.05, 0.1) is 34.3 Å². The summed E-state index contributed by atoms with van der Waals surface area (Å²) in [6.07, 6.45) is 2.92. The van der Waals surface area contributed by atoms with Gasteiger partial charge in [-0.25, -0.2) is 4.79 Å². The maximum Gasteiger partial charge on any atom is 0.317 e. The van der Waals surface area contributed by atoms with Gasteiger partial charge >= 0.3 is 6.03 Å². The van der Waals surface area contributed by atoms with E-state index in [1.807, 2.05) is 18.7 Å². The Labute approximate surface area is 125 Å². The van der Waals surface area contributed by atoms with Crippen molar-refractivity contribution in [2.45, 2.75) is 39.0 Å². The summed E-state index contributed by atoms with van der Waals surface area (Å²) in [5.74, 6) is 0. The molecule has 1 aromatic heterocycles. The molecule has 2 atom stereocenters. The standard InChI is InChI=1S/C12H18BrN3O2S/c1-8-3-4-16(7-9(2)18-8)12(17)14-6-11-10(13)5-15-19-11/h5,8-9H,3-4,6-7H2,1-2H3,(H,14,17)/t8-,9+/m1/s1. The van der Waals surface area contributed by atoms with Crippen LogP contribution in [-0.4, -0.2) is 40.6 Å².